The fraction of sp³-hybridized carbons (Fsp3) is 0.100. The van der Waals surface area contributed by atoms with Crippen LogP contribution in [0.2, 0.25) is 0 Å². The molecule has 0 atom stereocenters. The van der Waals surface area contributed by atoms with E-state index in [1.165, 1.54) is 0 Å². The molecule has 2 aromatic heterocycles. The van der Waals surface area contributed by atoms with Crippen molar-refractivity contribution >= 4 is 43.2 Å². The van der Waals surface area contributed by atoms with E-state index < -0.39 is 21.5 Å². The Morgan fingerprint density at radius 2 is 1.82 bits per heavy atom. The fourth-order valence-electron chi connectivity index (χ4n) is 3.21. The van der Waals surface area contributed by atoms with Crippen LogP contribution in [0.3, 0.4) is 0 Å². The number of sulfone groups is 1. The number of fused-ring (bicyclic) bond motifs is 2. The molecule has 0 radical (unpaired) electrons. The number of hydrogen-bond donors (Lipinski definition) is 3. The van der Waals surface area contributed by atoms with Gasteiger partial charge in [0.2, 0.25) is 5.91 Å². The van der Waals surface area contributed by atoms with E-state index in [4.69, 9.17) is 0 Å². The van der Waals surface area contributed by atoms with Gasteiger partial charge in [0.25, 0.3) is 5.56 Å². The average Bonchev–Trinajstić information content (AvgIpc) is 3.03. The minimum Gasteiger partial charge on any atom is -0.361 e. The molecule has 2 aromatic carbocycles. The number of nitrogens with one attached hydrogen (secondary N) is 3. The molecule has 142 valence electrons. The maximum Gasteiger partial charge on any atom is 0.256 e. The van der Waals surface area contributed by atoms with Gasteiger partial charge in [0.1, 0.15) is 5.75 Å². The Morgan fingerprint density at radius 1 is 1.04 bits per heavy atom. The number of carbonyl (C=O) groups is 1. The van der Waals surface area contributed by atoms with Gasteiger partial charge in [-0.25, -0.2) is 8.42 Å². The monoisotopic (exact) mass is 395 g/mol. The number of aromatic amines is 2. The van der Waals surface area contributed by atoms with Crippen LogP contribution >= 0.6 is 0 Å². The Bertz CT molecular complexity index is 1380. The molecule has 0 saturated carbocycles. The molecule has 0 bridgehead atoms. The smallest absolute Gasteiger partial charge is 0.256 e. The van der Waals surface area contributed by atoms with Crippen molar-refractivity contribution in [3.05, 3.63) is 65.1 Å². The number of para-hydroxylation sites is 1. The summed E-state index contributed by atoms with van der Waals surface area (Å²) in [4.78, 5) is 30.5. The summed E-state index contributed by atoms with van der Waals surface area (Å²) >= 11 is 0. The number of pyridine rings is 1. The Kier molecular flexibility index (Phi) is 4.27. The topological polar surface area (TPSA) is 112 Å². The predicted octanol–water partition coefficient (Wildman–Crippen LogP) is 2.66. The van der Waals surface area contributed by atoms with Gasteiger partial charge in [-0.3, -0.25) is 9.59 Å². The minimum absolute atomic E-state index is 0.253. The molecule has 0 aliphatic rings. The SMILES string of the molecule is CS(=O)(=O)CC(=O)Nc1ccc2cc(-c3c[nH]c4ccccc34)c(=O)[nH]c2c1. The molecule has 0 unspecified atom stereocenters. The van der Waals surface area contributed by atoms with Crippen LogP contribution < -0.4 is 10.9 Å². The number of benzene rings is 2. The van der Waals surface area contributed by atoms with Crippen molar-refractivity contribution in [1.29, 1.82) is 0 Å². The molecule has 8 heteroatoms. The van der Waals surface area contributed by atoms with E-state index in [0.29, 0.717) is 16.8 Å². The Balaban J connectivity index is 1.72. The van der Waals surface area contributed by atoms with Gasteiger partial charge in [0.15, 0.2) is 9.84 Å². The second-order valence-electron chi connectivity index (χ2n) is 6.68. The molecule has 0 aliphatic carbocycles. The lowest BCUT2D eigenvalue weighted by Crippen LogP contribution is -2.21. The first-order valence-electron chi connectivity index (χ1n) is 8.51. The maximum absolute atomic E-state index is 12.7. The van der Waals surface area contributed by atoms with Crippen LogP contribution in [0.25, 0.3) is 32.9 Å². The molecule has 0 spiro atoms. The van der Waals surface area contributed by atoms with Gasteiger partial charge < -0.3 is 15.3 Å². The van der Waals surface area contributed by atoms with E-state index in [1.807, 2.05) is 24.3 Å². The lowest BCUT2D eigenvalue weighted by atomic mass is 10.0. The molecule has 4 aromatic rings. The zero-order valence-corrected chi connectivity index (χ0v) is 15.8. The summed E-state index contributed by atoms with van der Waals surface area (Å²) in [6.07, 6.45) is 2.80. The van der Waals surface area contributed by atoms with Gasteiger partial charge in [0.05, 0.1) is 5.52 Å². The summed E-state index contributed by atoms with van der Waals surface area (Å²) < 4.78 is 22.4. The van der Waals surface area contributed by atoms with E-state index >= 15 is 0 Å². The van der Waals surface area contributed by atoms with Crippen molar-refractivity contribution in [3.8, 4) is 11.1 Å². The van der Waals surface area contributed by atoms with Gasteiger partial charge in [-0.2, -0.15) is 0 Å². The number of anilines is 1. The normalized spacial score (nSPS) is 11.8. The molecule has 0 aliphatic heterocycles. The Hall–Kier alpha value is -3.39. The third-order valence-corrected chi connectivity index (χ3v) is 5.19. The zero-order valence-electron chi connectivity index (χ0n) is 14.9. The molecule has 3 N–H and O–H groups in total. The zero-order chi connectivity index (χ0) is 19.9. The maximum atomic E-state index is 12.7. The van der Waals surface area contributed by atoms with E-state index in [2.05, 4.69) is 15.3 Å². The molecule has 7 nitrogen and oxygen atoms in total. The molecule has 0 fully saturated rings. The van der Waals surface area contributed by atoms with Crippen LogP contribution in [0.15, 0.2) is 59.5 Å². The second kappa shape index (κ2) is 6.65. The summed E-state index contributed by atoms with van der Waals surface area (Å²) in [5.41, 5.74) is 3.00. The Morgan fingerprint density at radius 3 is 2.61 bits per heavy atom. The van der Waals surface area contributed by atoms with Crippen molar-refractivity contribution in [2.45, 2.75) is 0 Å². The van der Waals surface area contributed by atoms with Gasteiger partial charge >= 0.3 is 0 Å². The number of carbonyl (C=O) groups excluding carboxylic acids is 1. The van der Waals surface area contributed by atoms with Gasteiger partial charge in [0, 0.05) is 40.2 Å². The molecular formula is C20H17N3O4S. The third-order valence-electron chi connectivity index (χ3n) is 4.40. The van der Waals surface area contributed by atoms with Gasteiger partial charge in [-0.05, 0) is 29.7 Å². The molecule has 4 rings (SSSR count). The number of aromatic nitrogens is 2. The van der Waals surface area contributed by atoms with Crippen LogP contribution in [-0.4, -0.2) is 36.3 Å². The summed E-state index contributed by atoms with van der Waals surface area (Å²) in [5, 5.41) is 4.28. The van der Waals surface area contributed by atoms with E-state index in [1.54, 1.807) is 30.5 Å². The van der Waals surface area contributed by atoms with Crippen molar-refractivity contribution in [3.63, 3.8) is 0 Å². The standard InChI is InChI=1S/C20H17N3O4S/c1-28(26,27)11-19(24)22-13-7-6-12-8-15(20(25)23-18(12)9-13)16-10-21-17-5-3-2-4-14(16)17/h2-10,21H,11H2,1H3,(H,22,24)(H,23,25). The number of rotatable bonds is 4. The lowest BCUT2D eigenvalue weighted by Gasteiger charge is -2.07. The molecule has 2 heterocycles. The van der Waals surface area contributed by atoms with Crippen LogP contribution in [0.1, 0.15) is 0 Å². The quantitative estimate of drug-likeness (QED) is 0.493. The van der Waals surface area contributed by atoms with Gasteiger partial charge in [-0.15, -0.1) is 0 Å². The second-order valence-corrected chi connectivity index (χ2v) is 8.82. The highest BCUT2D eigenvalue weighted by molar-refractivity contribution is 7.91. The summed E-state index contributed by atoms with van der Waals surface area (Å²) in [7, 11) is -3.41. The fourth-order valence-corrected chi connectivity index (χ4v) is 3.76. The van der Waals surface area contributed by atoms with Crippen LogP contribution in [-0.2, 0) is 14.6 Å². The lowest BCUT2D eigenvalue weighted by molar-refractivity contribution is -0.113. The van der Waals surface area contributed by atoms with E-state index in [-0.39, 0.29) is 5.56 Å². The van der Waals surface area contributed by atoms with Crippen molar-refractivity contribution in [1.82, 2.24) is 9.97 Å². The number of hydrogen-bond acceptors (Lipinski definition) is 4. The molecule has 28 heavy (non-hydrogen) atoms. The highest BCUT2D eigenvalue weighted by Crippen LogP contribution is 2.28. The largest absolute Gasteiger partial charge is 0.361 e. The summed E-state index contributed by atoms with van der Waals surface area (Å²) in [5.74, 6) is -1.22. The Labute approximate surface area is 160 Å². The van der Waals surface area contributed by atoms with E-state index in [0.717, 1.165) is 28.1 Å². The van der Waals surface area contributed by atoms with Crippen LogP contribution in [0.5, 0.6) is 0 Å². The highest BCUT2D eigenvalue weighted by Gasteiger charge is 2.13. The third kappa shape index (κ3) is 3.54. The summed E-state index contributed by atoms with van der Waals surface area (Å²) in [6, 6.07) is 14.6. The van der Waals surface area contributed by atoms with Gasteiger partial charge in [-0.1, -0.05) is 24.3 Å². The minimum atomic E-state index is -3.41. The van der Waals surface area contributed by atoms with Crippen molar-refractivity contribution in [2.24, 2.45) is 0 Å². The molecule has 1 amide bonds. The van der Waals surface area contributed by atoms with Crippen molar-refractivity contribution in [2.75, 3.05) is 17.3 Å². The van der Waals surface area contributed by atoms with E-state index in [9.17, 15) is 18.0 Å². The molecule has 0 saturated heterocycles. The molecular weight excluding hydrogens is 378 g/mol. The number of amides is 1. The summed E-state index contributed by atoms with van der Waals surface area (Å²) in [6.45, 7) is 0. The first kappa shape index (κ1) is 18.0. The number of H-pyrrole nitrogens is 2. The van der Waals surface area contributed by atoms with Crippen LogP contribution in [0.4, 0.5) is 5.69 Å². The average molecular weight is 395 g/mol. The van der Waals surface area contributed by atoms with Crippen LogP contribution in [0, 0.1) is 0 Å². The van der Waals surface area contributed by atoms with Crippen molar-refractivity contribution < 1.29 is 13.2 Å². The predicted molar refractivity (Wildman–Crippen MR) is 110 cm³/mol. The first-order chi connectivity index (χ1) is 13.3. The highest BCUT2D eigenvalue weighted by atomic mass is 32.2. The first-order valence-corrected chi connectivity index (χ1v) is 10.6.